The molecule has 1 aromatic carbocycles. The highest BCUT2D eigenvalue weighted by Crippen LogP contribution is 2.18. The van der Waals surface area contributed by atoms with Gasteiger partial charge in [0.1, 0.15) is 0 Å². The van der Waals surface area contributed by atoms with Gasteiger partial charge >= 0.3 is 0 Å². The van der Waals surface area contributed by atoms with Gasteiger partial charge in [-0.1, -0.05) is 24.2 Å². The van der Waals surface area contributed by atoms with Crippen LogP contribution in [0.1, 0.15) is 29.8 Å². The molecule has 2 rings (SSSR count). The van der Waals surface area contributed by atoms with Crippen molar-refractivity contribution < 1.29 is 12.9 Å². The van der Waals surface area contributed by atoms with Crippen molar-refractivity contribution in [3.05, 3.63) is 41.0 Å². The molecular weight excluding hydrogens is 292 g/mol. The van der Waals surface area contributed by atoms with Gasteiger partial charge in [0.05, 0.1) is 11.4 Å². The third-order valence-corrected chi connectivity index (χ3v) is 4.51. The molecule has 21 heavy (non-hydrogen) atoms. The predicted octanol–water partition coefficient (Wildman–Crippen LogP) is 0.878. The van der Waals surface area contributed by atoms with Crippen LogP contribution < -0.4 is 10.5 Å². The van der Waals surface area contributed by atoms with Gasteiger partial charge in [-0.05, 0) is 23.6 Å². The second-order valence-electron chi connectivity index (χ2n) is 4.55. The first-order valence-electron chi connectivity index (χ1n) is 6.57. The highest BCUT2D eigenvalue weighted by atomic mass is 32.2. The Morgan fingerprint density at radius 2 is 2.14 bits per heavy atom. The Labute approximate surface area is 123 Å². The monoisotopic (exact) mass is 310 g/mol. The Morgan fingerprint density at radius 3 is 2.71 bits per heavy atom. The summed E-state index contributed by atoms with van der Waals surface area (Å²) in [6.45, 7) is 3.82. The molecule has 0 bridgehead atoms. The summed E-state index contributed by atoms with van der Waals surface area (Å²) in [6, 6.07) is 5.22. The van der Waals surface area contributed by atoms with Crippen molar-refractivity contribution in [2.75, 3.05) is 0 Å². The molecule has 8 heteroatoms. The fourth-order valence-corrected chi connectivity index (χ4v) is 3.26. The number of nitrogens with one attached hydrogen (secondary N) is 1. The molecule has 0 aliphatic carbocycles. The minimum atomic E-state index is -3.65. The fourth-order valence-electron chi connectivity index (χ4n) is 1.92. The molecule has 0 spiro atoms. The van der Waals surface area contributed by atoms with Crippen LogP contribution >= 0.6 is 0 Å². The minimum Gasteiger partial charge on any atom is -0.340 e. The minimum absolute atomic E-state index is 0.0182. The van der Waals surface area contributed by atoms with E-state index in [1.54, 1.807) is 19.1 Å². The summed E-state index contributed by atoms with van der Waals surface area (Å²) in [4.78, 5) is 4.20. The molecule has 0 amide bonds. The highest BCUT2D eigenvalue weighted by Gasteiger charge is 2.19. The van der Waals surface area contributed by atoms with E-state index in [9.17, 15) is 8.42 Å². The number of aryl methyl sites for hydroxylation is 2. The summed E-state index contributed by atoms with van der Waals surface area (Å²) in [5.74, 6) is 0.688. The van der Waals surface area contributed by atoms with E-state index in [0.717, 1.165) is 11.1 Å². The average Bonchev–Trinajstić information content (AvgIpc) is 2.90. The summed E-state index contributed by atoms with van der Waals surface area (Å²) >= 11 is 0. The number of nitrogens with two attached hydrogens (primary N) is 1. The smallest absolute Gasteiger partial charge is 0.241 e. The van der Waals surface area contributed by atoms with Crippen molar-refractivity contribution in [3.8, 4) is 0 Å². The number of hydrogen-bond donors (Lipinski definition) is 2. The lowest BCUT2D eigenvalue weighted by atomic mass is 10.1. The first kappa shape index (κ1) is 15.6. The lowest BCUT2D eigenvalue weighted by molar-refractivity contribution is 0.387. The molecule has 7 nitrogen and oxygen atoms in total. The van der Waals surface area contributed by atoms with Crippen LogP contribution in [0.15, 0.2) is 27.6 Å². The van der Waals surface area contributed by atoms with E-state index in [0.29, 0.717) is 18.1 Å². The first-order valence-corrected chi connectivity index (χ1v) is 8.05. The van der Waals surface area contributed by atoms with Gasteiger partial charge in [0.15, 0.2) is 5.82 Å². The third kappa shape index (κ3) is 3.66. The normalized spacial score (nSPS) is 11.8. The van der Waals surface area contributed by atoms with Crippen molar-refractivity contribution in [2.45, 2.75) is 38.3 Å². The second kappa shape index (κ2) is 6.33. The maximum absolute atomic E-state index is 12.4. The van der Waals surface area contributed by atoms with Gasteiger partial charge in [0.25, 0.3) is 0 Å². The van der Waals surface area contributed by atoms with Crippen LogP contribution in [-0.2, 0) is 29.5 Å². The zero-order valence-corrected chi connectivity index (χ0v) is 12.8. The van der Waals surface area contributed by atoms with Gasteiger partial charge in [-0.3, -0.25) is 0 Å². The maximum atomic E-state index is 12.4. The molecule has 0 atom stereocenters. The standard InChI is InChI=1S/C13H18N4O3S/c1-3-11-5-4-10(7-14)6-12(11)21(18,19)15-8-13-16-9(2)20-17-13/h4-6,15H,3,7-8,14H2,1-2H3. The van der Waals surface area contributed by atoms with E-state index in [4.69, 9.17) is 10.3 Å². The lowest BCUT2D eigenvalue weighted by Gasteiger charge is -2.11. The molecule has 3 N–H and O–H groups in total. The van der Waals surface area contributed by atoms with Crippen molar-refractivity contribution in [1.29, 1.82) is 0 Å². The van der Waals surface area contributed by atoms with Crippen molar-refractivity contribution in [1.82, 2.24) is 14.9 Å². The Morgan fingerprint density at radius 1 is 1.38 bits per heavy atom. The lowest BCUT2D eigenvalue weighted by Crippen LogP contribution is -2.25. The van der Waals surface area contributed by atoms with Gasteiger partial charge in [-0.15, -0.1) is 0 Å². The Hall–Kier alpha value is -1.77. The fraction of sp³-hybridized carbons (Fsp3) is 0.385. The van der Waals surface area contributed by atoms with Crippen LogP contribution in [-0.4, -0.2) is 18.6 Å². The Balaban J connectivity index is 2.26. The molecule has 0 aliphatic heterocycles. The van der Waals surface area contributed by atoms with Crippen LogP contribution in [0.3, 0.4) is 0 Å². The molecule has 0 radical (unpaired) electrons. The molecular formula is C13H18N4O3S. The summed E-state index contributed by atoms with van der Waals surface area (Å²) in [7, 11) is -3.65. The molecule has 1 heterocycles. The number of sulfonamides is 1. The Kier molecular flexibility index (Phi) is 4.71. The molecule has 0 aliphatic rings. The largest absolute Gasteiger partial charge is 0.340 e. The van der Waals surface area contributed by atoms with Crippen molar-refractivity contribution >= 4 is 10.0 Å². The van der Waals surface area contributed by atoms with Gasteiger partial charge in [-0.2, -0.15) is 4.98 Å². The first-order chi connectivity index (χ1) is 9.96. The van der Waals surface area contributed by atoms with E-state index in [-0.39, 0.29) is 18.0 Å². The van der Waals surface area contributed by atoms with E-state index in [1.165, 1.54) is 0 Å². The number of aromatic nitrogens is 2. The second-order valence-corrected chi connectivity index (χ2v) is 6.29. The number of benzene rings is 1. The molecule has 0 saturated carbocycles. The molecule has 1 aromatic heterocycles. The molecule has 0 fully saturated rings. The SMILES string of the molecule is CCc1ccc(CN)cc1S(=O)(=O)NCc1noc(C)n1. The van der Waals surface area contributed by atoms with Gasteiger partial charge in [0, 0.05) is 13.5 Å². The van der Waals surface area contributed by atoms with Gasteiger partial charge in [0.2, 0.25) is 15.9 Å². The van der Waals surface area contributed by atoms with Gasteiger partial charge < -0.3 is 10.3 Å². The molecule has 114 valence electrons. The van der Waals surface area contributed by atoms with E-state index < -0.39 is 10.0 Å². The highest BCUT2D eigenvalue weighted by molar-refractivity contribution is 7.89. The summed E-state index contributed by atoms with van der Waals surface area (Å²) in [6.07, 6.45) is 0.614. The van der Waals surface area contributed by atoms with Crippen molar-refractivity contribution in [3.63, 3.8) is 0 Å². The summed E-state index contributed by atoms with van der Waals surface area (Å²) in [5.41, 5.74) is 7.08. The third-order valence-electron chi connectivity index (χ3n) is 3.03. The quantitative estimate of drug-likeness (QED) is 0.819. The van der Waals surface area contributed by atoms with Gasteiger partial charge in [-0.25, -0.2) is 13.1 Å². The molecule has 0 saturated heterocycles. The zero-order chi connectivity index (χ0) is 15.5. The number of nitrogens with zero attached hydrogens (tertiary/aromatic N) is 2. The van der Waals surface area contributed by atoms with Crippen LogP contribution in [0.4, 0.5) is 0 Å². The molecule has 0 unspecified atom stereocenters. The number of hydrogen-bond acceptors (Lipinski definition) is 6. The number of rotatable bonds is 6. The van der Waals surface area contributed by atoms with E-state index in [2.05, 4.69) is 14.9 Å². The summed E-state index contributed by atoms with van der Waals surface area (Å²) in [5, 5.41) is 3.66. The van der Waals surface area contributed by atoms with E-state index >= 15 is 0 Å². The van der Waals surface area contributed by atoms with E-state index in [1.807, 2.05) is 13.0 Å². The predicted molar refractivity (Wildman–Crippen MR) is 76.8 cm³/mol. The maximum Gasteiger partial charge on any atom is 0.241 e. The topological polar surface area (TPSA) is 111 Å². The summed E-state index contributed by atoms with van der Waals surface area (Å²) < 4.78 is 32.1. The average molecular weight is 310 g/mol. The van der Waals surface area contributed by atoms with Crippen molar-refractivity contribution in [2.24, 2.45) is 5.73 Å². The molecule has 2 aromatic rings. The van der Waals surface area contributed by atoms with Crippen LogP contribution in [0.25, 0.3) is 0 Å². The van der Waals surface area contributed by atoms with Crippen LogP contribution in [0.2, 0.25) is 0 Å². The van der Waals surface area contributed by atoms with Crippen LogP contribution in [0.5, 0.6) is 0 Å². The Bertz CT molecular complexity index is 725. The zero-order valence-electron chi connectivity index (χ0n) is 12.0. The van der Waals surface area contributed by atoms with Crippen LogP contribution in [0, 0.1) is 6.92 Å².